The first kappa shape index (κ1) is 10.6. The molecule has 4 heteroatoms. The predicted octanol–water partition coefficient (Wildman–Crippen LogP) is 2.17. The largest absolute Gasteiger partial charge is 0.481 e. The summed E-state index contributed by atoms with van der Waals surface area (Å²) < 4.78 is 5.21. The fourth-order valence-corrected chi connectivity index (χ4v) is 2.60. The number of ether oxygens (including phenoxy) is 1. The van der Waals surface area contributed by atoms with Crippen LogP contribution in [0, 0.1) is 5.41 Å². The molecule has 0 bridgehead atoms. The zero-order valence-corrected chi connectivity index (χ0v) is 9.26. The first-order valence-corrected chi connectivity index (χ1v) is 5.99. The van der Waals surface area contributed by atoms with Gasteiger partial charge in [-0.05, 0) is 41.7 Å². The van der Waals surface area contributed by atoms with Crippen molar-refractivity contribution < 1.29 is 14.6 Å². The van der Waals surface area contributed by atoms with Crippen molar-refractivity contribution in [2.24, 2.45) is 5.41 Å². The van der Waals surface area contributed by atoms with Crippen molar-refractivity contribution in [3.05, 3.63) is 22.4 Å². The van der Waals surface area contributed by atoms with Crippen molar-refractivity contribution in [3.8, 4) is 0 Å². The molecule has 1 saturated heterocycles. The molecule has 1 aliphatic rings. The summed E-state index contributed by atoms with van der Waals surface area (Å²) in [6.45, 7) is 0.947. The van der Waals surface area contributed by atoms with Gasteiger partial charge in [0, 0.05) is 6.61 Å². The van der Waals surface area contributed by atoms with E-state index < -0.39 is 11.4 Å². The summed E-state index contributed by atoms with van der Waals surface area (Å²) in [7, 11) is 0. The van der Waals surface area contributed by atoms with E-state index in [1.54, 1.807) is 11.3 Å². The Kier molecular flexibility index (Phi) is 3.07. The average Bonchev–Trinajstić information content (AvgIpc) is 2.87. The zero-order valence-electron chi connectivity index (χ0n) is 8.44. The van der Waals surface area contributed by atoms with Gasteiger partial charge in [-0.1, -0.05) is 0 Å². The molecule has 0 radical (unpaired) electrons. The number of aliphatic carboxylic acids is 1. The van der Waals surface area contributed by atoms with Crippen LogP contribution in [-0.4, -0.2) is 24.3 Å². The van der Waals surface area contributed by atoms with Gasteiger partial charge in [0.15, 0.2) is 0 Å². The average molecular weight is 226 g/mol. The molecule has 1 unspecified atom stereocenters. The third-order valence-electron chi connectivity index (χ3n) is 3.03. The summed E-state index contributed by atoms with van der Waals surface area (Å²) in [6.07, 6.45) is 2.16. The van der Waals surface area contributed by atoms with Crippen molar-refractivity contribution in [1.82, 2.24) is 0 Å². The number of carbonyl (C=O) groups is 1. The van der Waals surface area contributed by atoms with Crippen LogP contribution in [0.1, 0.15) is 18.4 Å². The lowest BCUT2D eigenvalue weighted by Gasteiger charge is -2.21. The van der Waals surface area contributed by atoms with Crippen LogP contribution in [-0.2, 0) is 16.0 Å². The lowest BCUT2D eigenvalue weighted by atomic mass is 9.82. The summed E-state index contributed by atoms with van der Waals surface area (Å²) in [5.41, 5.74) is 0.592. The fourth-order valence-electron chi connectivity index (χ4n) is 1.90. The van der Waals surface area contributed by atoms with Crippen LogP contribution in [0.3, 0.4) is 0 Å². The molecule has 2 rings (SSSR count). The number of hydrogen-bond donors (Lipinski definition) is 1. The van der Waals surface area contributed by atoms with Crippen LogP contribution in [0.2, 0.25) is 0 Å². The highest BCUT2D eigenvalue weighted by molar-refractivity contribution is 7.07. The van der Waals surface area contributed by atoms with Crippen molar-refractivity contribution in [2.75, 3.05) is 13.2 Å². The third kappa shape index (κ3) is 2.21. The minimum Gasteiger partial charge on any atom is -0.481 e. The van der Waals surface area contributed by atoms with Crippen LogP contribution >= 0.6 is 11.3 Å². The van der Waals surface area contributed by atoms with Gasteiger partial charge >= 0.3 is 5.97 Å². The van der Waals surface area contributed by atoms with Gasteiger partial charge in [0.25, 0.3) is 0 Å². The predicted molar refractivity (Wildman–Crippen MR) is 58.1 cm³/mol. The van der Waals surface area contributed by atoms with E-state index in [0.717, 1.165) is 6.42 Å². The quantitative estimate of drug-likeness (QED) is 0.855. The maximum atomic E-state index is 11.2. The molecule has 0 aliphatic carbocycles. The Morgan fingerprint density at radius 1 is 1.67 bits per heavy atom. The molecule has 3 nitrogen and oxygen atoms in total. The summed E-state index contributed by atoms with van der Waals surface area (Å²) in [5, 5.41) is 13.3. The van der Waals surface area contributed by atoms with Gasteiger partial charge in [0.1, 0.15) is 0 Å². The topological polar surface area (TPSA) is 46.5 Å². The van der Waals surface area contributed by atoms with Gasteiger partial charge in [0.05, 0.1) is 12.0 Å². The van der Waals surface area contributed by atoms with Crippen molar-refractivity contribution in [3.63, 3.8) is 0 Å². The SMILES string of the molecule is O=C(O)C1(CCc2ccsc2)CCOC1. The first-order chi connectivity index (χ1) is 7.23. The molecule has 0 aromatic carbocycles. The van der Waals surface area contributed by atoms with E-state index >= 15 is 0 Å². The molecule has 1 aromatic rings. The second-order valence-corrected chi connectivity index (χ2v) is 4.80. The lowest BCUT2D eigenvalue weighted by molar-refractivity contribution is -0.149. The number of hydrogen-bond acceptors (Lipinski definition) is 3. The van der Waals surface area contributed by atoms with E-state index in [1.165, 1.54) is 5.56 Å². The molecule has 0 saturated carbocycles. The highest BCUT2D eigenvalue weighted by atomic mass is 32.1. The maximum Gasteiger partial charge on any atom is 0.312 e. The minimum atomic E-state index is -0.713. The van der Waals surface area contributed by atoms with Crippen LogP contribution in [0.4, 0.5) is 0 Å². The molecule has 15 heavy (non-hydrogen) atoms. The summed E-state index contributed by atoms with van der Waals surface area (Å²) >= 11 is 1.65. The van der Waals surface area contributed by atoms with Crippen LogP contribution in [0.15, 0.2) is 16.8 Å². The lowest BCUT2D eigenvalue weighted by Crippen LogP contribution is -2.31. The van der Waals surface area contributed by atoms with Gasteiger partial charge in [0.2, 0.25) is 0 Å². The second-order valence-electron chi connectivity index (χ2n) is 4.02. The van der Waals surface area contributed by atoms with Crippen LogP contribution in [0.5, 0.6) is 0 Å². The molecule has 1 aromatic heterocycles. The molecule has 1 aliphatic heterocycles. The van der Waals surface area contributed by atoms with Crippen LogP contribution in [0.25, 0.3) is 0 Å². The van der Waals surface area contributed by atoms with Gasteiger partial charge in [-0.2, -0.15) is 11.3 Å². The zero-order chi connectivity index (χ0) is 10.7. The van der Waals surface area contributed by atoms with E-state index in [4.69, 9.17) is 4.74 Å². The van der Waals surface area contributed by atoms with Crippen LogP contribution < -0.4 is 0 Å². The molecule has 0 spiro atoms. The molecule has 0 amide bonds. The summed E-state index contributed by atoms with van der Waals surface area (Å²) in [6, 6.07) is 2.05. The van der Waals surface area contributed by atoms with E-state index in [9.17, 15) is 9.90 Å². The maximum absolute atomic E-state index is 11.2. The Morgan fingerprint density at radius 3 is 3.07 bits per heavy atom. The molecule has 1 fully saturated rings. The van der Waals surface area contributed by atoms with Gasteiger partial charge in [-0.15, -0.1) is 0 Å². The van der Waals surface area contributed by atoms with Gasteiger partial charge in [-0.25, -0.2) is 0 Å². The molecule has 82 valence electrons. The number of rotatable bonds is 4. The fraction of sp³-hybridized carbons (Fsp3) is 0.545. The third-order valence-corrected chi connectivity index (χ3v) is 3.76. The normalized spacial score (nSPS) is 25.6. The smallest absolute Gasteiger partial charge is 0.312 e. The Morgan fingerprint density at radius 2 is 2.53 bits per heavy atom. The van der Waals surface area contributed by atoms with Crippen molar-refractivity contribution >= 4 is 17.3 Å². The molecule has 1 atom stereocenters. The molecule has 1 N–H and O–H groups in total. The highest BCUT2D eigenvalue weighted by Crippen LogP contribution is 2.34. The van der Waals surface area contributed by atoms with E-state index in [-0.39, 0.29) is 0 Å². The highest BCUT2D eigenvalue weighted by Gasteiger charge is 2.41. The number of carboxylic acid groups (broad SMARTS) is 1. The molecular weight excluding hydrogens is 212 g/mol. The minimum absolute atomic E-state index is 0.368. The second kappa shape index (κ2) is 4.33. The molecular formula is C11H14O3S. The summed E-state index contributed by atoms with van der Waals surface area (Å²) in [4.78, 5) is 11.2. The monoisotopic (exact) mass is 226 g/mol. The van der Waals surface area contributed by atoms with Crippen molar-refractivity contribution in [2.45, 2.75) is 19.3 Å². The van der Waals surface area contributed by atoms with E-state index in [2.05, 4.69) is 11.4 Å². The van der Waals surface area contributed by atoms with Crippen molar-refractivity contribution in [1.29, 1.82) is 0 Å². The van der Waals surface area contributed by atoms with E-state index in [0.29, 0.717) is 26.1 Å². The van der Waals surface area contributed by atoms with Gasteiger partial charge in [-0.3, -0.25) is 4.79 Å². The number of aryl methyl sites for hydroxylation is 1. The van der Waals surface area contributed by atoms with Gasteiger partial charge < -0.3 is 9.84 Å². The number of thiophene rings is 1. The Hall–Kier alpha value is -0.870. The van der Waals surface area contributed by atoms with E-state index in [1.807, 2.05) is 5.38 Å². The Labute approximate surface area is 92.7 Å². The first-order valence-electron chi connectivity index (χ1n) is 5.05. The Balaban J connectivity index is 1.99. The standard InChI is InChI=1S/C11H14O3S/c12-10(13)11(4-5-14-8-11)3-1-9-2-6-15-7-9/h2,6-7H,1,3-5,8H2,(H,12,13). The number of carboxylic acids is 1. The summed E-state index contributed by atoms with van der Waals surface area (Å²) in [5.74, 6) is -0.713. The molecule has 2 heterocycles. The Bertz CT molecular complexity index is 326.